The van der Waals surface area contributed by atoms with Crippen molar-refractivity contribution >= 4 is 29.9 Å². The largest absolute Gasteiger partial charge is 0.379 e. The average Bonchev–Trinajstić information content (AvgIpc) is 2.64. The predicted molar refractivity (Wildman–Crippen MR) is 119 cm³/mol. The second kappa shape index (κ2) is 14.1. The zero-order valence-electron chi connectivity index (χ0n) is 16.4. The van der Waals surface area contributed by atoms with Crippen LogP contribution >= 0.6 is 24.0 Å². The summed E-state index contributed by atoms with van der Waals surface area (Å²) in [5, 5.41) is 6.66. The standard InChI is InChI=1S/C19H32FN5O.HI/c1-3-21-19(23-9-11-25-12-14-26-15-13-25)22-8-10-24(2)16-17-4-6-18(20)7-5-17;/h4-7H,3,8-16H2,1-2H3,(H2,21,22,23);1H. The highest BCUT2D eigenvalue weighted by atomic mass is 127. The lowest BCUT2D eigenvalue weighted by Crippen LogP contribution is -2.42. The lowest BCUT2D eigenvalue weighted by atomic mass is 10.2. The molecule has 1 heterocycles. The molecule has 1 aromatic rings. The summed E-state index contributed by atoms with van der Waals surface area (Å²) in [7, 11) is 2.06. The summed E-state index contributed by atoms with van der Waals surface area (Å²) >= 11 is 0. The van der Waals surface area contributed by atoms with Crippen LogP contribution in [0.15, 0.2) is 29.3 Å². The molecular weight excluding hydrogens is 460 g/mol. The van der Waals surface area contributed by atoms with Crippen LogP contribution < -0.4 is 10.6 Å². The van der Waals surface area contributed by atoms with Crippen molar-refractivity contribution in [3.63, 3.8) is 0 Å². The molecule has 0 unspecified atom stereocenters. The molecule has 8 heteroatoms. The minimum absolute atomic E-state index is 0. The quantitative estimate of drug-likeness (QED) is 0.312. The van der Waals surface area contributed by atoms with Gasteiger partial charge < -0.3 is 20.3 Å². The van der Waals surface area contributed by atoms with E-state index >= 15 is 0 Å². The molecule has 0 amide bonds. The summed E-state index contributed by atoms with van der Waals surface area (Å²) in [6.07, 6.45) is 0. The molecule has 1 aliphatic rings. The Balaban J connectivity index is 0.00000364. The zero-order valence-corrected chi connectivity index (χ0v) is 18.7. The number of halogens is 2. The van der Waals surface area contributed by atoms with Gasteiger partial charge in [0.05, 0.1) is 19.8 Å². The maximum atomic E-state index is 13.0. The number of likely N-dealkylation sites (N-methyl/N-ethyl adjacent to an activating group) is 1. The van der Waals surface area contributed by atoms with E-state index in [-0.39, 0.29) is 29.8 Å². The summed E-state index contributed by atoms with van der Waals surface area (Å²) in [5.74, 6) is 0.664. The third kappa shape index (κ3) is 10.2. The van der Waals surface area contributed by atoms with Crippen molar-refractivity contribution in [1.29, 1.82) is 0 Å². The van der Waals surface area contributed by atoms with Gasteiger partial charge in [0.25, 0.3) is 0 Å². The number of ether oxygens (including phenoxy) is 1. The topological polar surface area (TPSA) is 52.1 Å². The molecule has 1 fully saturated rings. The molecule has 0 atom stereocenters. The van der Waals surface area contributed by atoms with Crippen LogP contribution in [0.5, 0.6) is 0 Å². The molecule has 0 aliphatic carbocycles. The number of nitrogens with one attached hydrogen (secondary N) is 2. The van der Waals surface area contributed by atoms with Crippen LogP contribution in [-0.2, 0) is 11.3 Å². The van der Waals surface area contributed by atoms with Crippen molar-refractivity contribution in [1.82, 2.24) is 20.4 Å². The molecule has 0 radical (unpaired) electrons. The van der Waals surface area contributed by atoms with Gasteiger partial charge in [-0.05, 0) is 31.7 Å². The van der Waals surface area contributed by atoms with Crippen molar-refractivity contribution < 1.29 is 9.13 Å². The zero-order chi connectivity index (χ0) is 18.6. The summed E-state index contributed by atoms with van der Waals surface area (Å²) < 4.78 is 18.3. The minimum atomic E-state index is -0.193. The molecule has 6 nitrogen and oxygen atoms in total. The Morgan fingerprint density at radius 1 is 1.22 bits per heavy atom. The molecule has 0 spiro atoms. The van der Waals surface area contributed by atoms with Gasteiger partial charge in [-0.15, -0.1) is 24.0 Å². The first-order valence-electron chi connectivity index (χ1n) is 9.42. The molecule has 2 rings (SSSR count). The normalized spacial score (nSPS) is 15.5. The van der Waals surface area contributed by atoms with Crippen LogP contribution in [0, 0.1) is 5.82 Å². The molecule has 154 valence electrons. The third-order valence-electron chi connectivity index (χ3n) is 4.29. The summed E-state index contributed by atoms with van der Waals surface area (Å²) in [6.45, 7) is 10.8. The molecule has 1 aromatic carbocycles. The van der Waals surface area contributed by atoms with Gasteiger partial charge in [-0.3, -0.25) is 9.89 Å². The molecule has 0 aromatic heterocycles. The van der Waals surface area contributed by atoms with Gasteiger partial charge in [0.2, 0.25) is 0 Å². The van der Waals surface area contributed by atoms with E-state index in [4.69, 9.17) is 4.74 Å². The van der Waals surface area contributed by atoms with Crippen LogP contribution in [-0.4, -0.2) is 81.8 Å². The third-order valence-corrected chi connectivity index (χ3v) is 4.29. The molecule has 0 saturated carbocycles. The number of rotatable bonds is 9. The lowest BCUT2D eigenvalue weighted by Gasteiger charge is -2.25. The second-order valence-corrected chi connectivity index (χ2v) is 6.51. The van der Waals surface area contributed by atoms with Gasteiger partial charge in [-0.1, -0.05) is 12.1 Å². The number of nitrogens with zero attached hydrogens (tertiary/aromatic N) is 3. The molecule has 27 heavy (non-hydrogen) atoms. The van der Waals surface area contributed by atoms with Crippen molar-refractivity contribution in [2.45, 2.75) is 13.5 Å². The minimum Gasteiger partial charge on any atom is -0.379 e. The summed E-state index contributed by atoms with van der Waals surface area (Å²) in [5.41, 5.74) is 1.11. The van der Waals surface area contributed by atoms with Gasteiger partial charge in [-0.25, -0.2) is 4.39 Å². The monoisotopic (exact) mass is 493 g/mol. The van der Waals surface area contributed by atoms with Crippen LogP contribution in [0.3, 0.4) is 0 Å². The highest BCUT2D eigenvalue weighted by Gasteiger charge is 2.09. The SMILES string of the molecule is CCNC(=NCCN1CCOCC1)NCCN(C)Cc1ccc(F)cc1.I. The summed E-state index contributed by atoms with van der Waals surface area (Å²) in [4.78, 5) is 9.24. The van der Waals surface area contributed by atoms with E-state index in [1.807, 2.05) is 12.1 Å². The van der Waals surface area contributed by atoms with E-state index < -0.39 is 0 Å². The van der Waals surface area contributed by atoms with Crippen molar-refractivity contribution in [3.05, 3.63) is 35.6 Å². The fraction of sp³-hybridized carbons (Fsp3) is 0.632. The number of hydrogen-bond acceptors (Lipinski definition) is 4. The van der Waals surface area contributed by atoms with E-state index in [1.54, 1.807) is 0 Å². The Morgan fingerprint density at radius 2 is 1.93 bits per heavy atom. The Kier molecular flexibility index (Phi) is 12.6. The average molecular weight is 493 g/mol. The van der Waals surface area contributed by atoms with E-state index in [1.165, 1.54) is 12.1 Å². The van der Waals surface area contributed by atoms with E-state index in [9.17, 15) is 4.39 Å². The summed E-state index contributed by atoms with van der Waals surface area (Å²) in [6, 6.07) is 6.67. The highest BCUT2D eigenvalue weighted by Crippen LogP contribution is 2.05. The van der Waals surface area contributed by atoms with E-state index in [0.717, 1.165) is 77.1 Å². The number of guanidine groups is 1. The first kappa shape index (κ1) is 24.1. The number of morpholine rings is 1. The van der Waals surface area contributed by atoms with Gasteiger partial charge in [0, 0.05) is 45.8 Å². The molecule has 0 bridgehead atoms. The Labute approximate surface area is 179 Å². The Bertz CT molecular complexity index is 537. The molecule has 2 N–H and O–H groups in total. The fourth-order valence-corrected chi connectivity index (χ4v) is 2.82. The maximum Gasteiger partial charge on any atom is 0.191 e. The van der Waals surface area contributed by atoms with Gasteiger partial charge >= 0.3 is 0 Å². The van der Waals surface area contributed by atoms with E-state index in [0.29, 0.717) is 0 Å². The lowest BCUT2D eigenvalue weighted by molar-refractivity contribution is 0.0394. The number of aliphatic imine (C=N–C) groups is 1. The van der Waals surface area contributed by atoms with E-state index in [2.05, 4.69) is 39.4 Å². The van der Waals surface area contributed by atoms with Gasteiger partial charge in [0.15, 0.2) is 5.96 Å². The van der Waals surface area contributed by atoms with Crippen molar-refractivity contribution in [2.75, 3.05) is 66.1 Å². The molecule has 1 saturated heterocycles. The fourth-order valence-electron chi connectivity index (χ4n) is 2.82. The smallest absolute Gasteiger partial charge is 0.191 e. The predicted octanol–water partition coefficient (Wildman–Crippen LogP) is 1.76. The first-order chi connectivity index (χ1) is 12.7. The maximum absolute atomic E-state index is 13.0. The Morgan fingerprint density at radius 3 is 2.59 bits per heavy atom. The second-order valence-electron chi connectivity index (χ2n) is 6.51. The number of hydrogen-bond donors (Lipinski definition) is 2. The molecular formula is C19H33FIN5O. The van der Waals surface area contributed by atoms with Gasteiger partial charge in [-0.2, -0.15) is 0 Å². The first-order valence-corrected chi connectivity index (χ1v) is 9.42. The van der Waals surface area contributed by atoms with Crippen LogP contribution in [0.25, 0.3) is 0 Å². The number of benzene rings is 1. The van der Waals surface area contributed by atoms with Crippen LogP contribution in [0.4, 0.5) is 4.39 Å². The molecule has 1 aliphatic heterocycles. The van der Waals surface area contributed by atoms with Crippen molar-refractivity contribution in [2.24, 2.45) is 4.99 Å². The van der Waals surface area contributed by atoms with Crippen LogP contribution in [0.2, 0.25) is 0 Å². The highest BCUT2D eigenvalue weighted by molar-refractivity contribution is 14.0. The van der Waals surface area contributed by atoms with Crippen LogP contribution in [0.1, 0.15) is 12.5 Å². The Hall–Kier alpha value is -0.970. The van der Waals surface area contributed by atoms with Gasteiger partial charge in [0.1, 0.15) is 5.82 Å². The van der Waals surface area contributed by atoms with Crippen molar-refractivity contribution in [3.8, 4) is 0 Å².